The molecule has 4 rings (SSSR count). The van der Waals surface area contributed by atoms with E-state index < -0.39 is 0 Å². The van der Waals surface area contributed by atoms with Gasteiger partial charge in [-0.1, -0.05) is 46.7 Å². The second-order valence-electron chi connectivity index (χ2n) is 6.83. The van der Waals surface area contributed by atoms with Gasteiger partial charge in [0.25, 0.3) is 0 Å². The first-order chi connectivity index (χ1) is 13.6. The van der Waals surface area contributed by atoms with Crippen molar-refractivity contribution in [2.75, 3.05) is 13.8 Å². The lowest BCUT2D eigenvalue weighted by Crippen LogP contribution is -2.28. The largest absolute Gasteiger partial charge is 0.454 e. The molecule has 0 saturated heterocycles. The van der Waals surface area contributed by atoms with Gasteiger partial charge in [0, 0.05) is 19.4 Å². The lowest BCUT2D eigenvalue weighted by molar-refractivity contribution is -0.130. The number of amides is 1. The molecule has 1 amide bonds. The third-order valence-electron chi connectivity index (χ3n) is 4.94. The molecule has 0 N–H and O–H groups in total. The monoisotopic (exact) mass is 379 g/mol. The van der Waals surface area contributed by atoms with Gasteiger partial charge in [-0.05, 0) is 30.2 Å². The van der Waals surface area contributed by atoms with Crippen LogP contribution in [0.5, 0.6) is 11.5 Å². The molecule has 0 unspecified atom stereocenters. The van der Waals surface area contributed by atoms with E-state index in [0.29, 0.717) is 30.1 Å². The molecule has 1 atom stereocenters. The molecule has 0 aliphatic carbocycles. The number of nitrogens with zero attached hydrogens (tertiary/aromatic N) is 3. The summed E-state index contributed by atoms with van der Waals surface area (Å²) in [5.74, 6) is 1.35. The van der Waals surface area contributed by atoms with E-state index in [1.807, 2.05) is 55.5 Å². The minimum Gasteiger partial charge on any atom is -0.454 e. The van der Waals surface area contributed by atoms with Crippen molar-refractivity contribution in [1.29, 1.82) is 0 Å². The highest BCUT2D eigenvalue weighted by Crippen LogP contribution is 2.37. The van der Waals surface area contributed by atoms with Crippen LogP contribution in [0.25, 0.3) is 0 Å². The van der Waals surface area contributed by atoms with Crippen molar-refractivity contribution in [2.24, 2.45) is 0 Å². The smallest absolute Gasteiger partial charge is 0.231 e. The van der Waals surface area contributed by atoms with Crippen molar-refractivity contribution in [2.45, 2.75) is 25.8 Å². The second kappa shape index (κ2) is 7.72. The molecule has 1 aromatic heterocycles. The Labute approximate surface area is 162 Å². The van der Waals surface area contributed by atoms with Gasteiger partial charge in [-0.3, -0.25) is 4.79 Å². The Morgan fingerprint density at radius 2 is 1.86 bits per heavy atom. The van der Waals surface area contributed by atoms with Crippen molar-refractivity contribution in [1.82, 2.24) is 15.2 Å². The van der Waals surface area contributed by atoms with E-state index in [0.717, 1.165) is 16.9 Å². The van der Waals surface area contributed by atoms with Gasteiger partial charge in [0.05, 0.1) is 6.54 Å². The number of hydrogen-bond acceptors (Lipinski definition) is 6. The first-order valence-corrected chi connectivity index (χ1v) is 9.08. The number of ether oxygens (including phenoxy) is 2. The Morgan fingerprint density at radius 3 is 2.61 bits per heavy atom. The van der Waals surface area contributed by atoms with Gasteiger partial charge >= 0.3 is 0 Å². The molecule has 3 aromatic rings. The normalized spacial score (nSPS) is 13.4. The zero-order valence-electron chi connectivity index (χ0n) is 15.8. The third kappa shape index (κ3) is 3.69. The minimum absolute atomic E-state index is 0.00826. The fraction of sp³-hybridized carbons (Fsp3) is 0.286. The van der Waals surface area contributed by atoms with Crippen LogP contribution in [-0.2, 0) is 11.3 Å². The Morgan fingerprint density at radius 1 is 1.07 bits per heavy atom. The lowest BCUT2D eigenvalue weighted by atomic mass is 9.88. The maximum atomic E-state index is 13.0. The molecule has 0 saturated carbocycles. The number of fused-ring (bicyclic) bond motifs is 1. The van der Waals surface area contributed by atoms with Crippen molar-refractivity contribution < 1.29 is 18.9 Å². The molecular formula is C21H21N3O4. The van der Waals surface area contributed by atoms with Crippen molar-refractivity contribution in [3.05, 3.63) is 71.0 Å². The average Bonchev–Trinajstić information content (AvgIpc) is 3.35. The number of hydrogen-bond donors (Lipinski definition) is 0. The highest BCUT2D eigenvalue weighted by Gasteiger charge is 2.24. The predicted molar refractivity (Wildman–Crippen MR) is 101 cm³/mol. The summed E-state index contributed by atoms with van der Waals surface area (Å²) in [4.78, 5) is 14.6. The summed E-state index contributed by atoms with van der Waals surface area (Å²) in [7, 11) is 1.76. The van der Waals surface area contributed by atoms with Crippen LogP contribution in [0.2, 0.25) is 0 Å². The number of carbonyl (C=O) groups is 1. The molecule has 0 fully saturated rings. The summed E-state index contributed by atoms with van der Waals surface area (Å²) in [6, 6.07) is 15.8. The van der Waals surface area contributed by atoms with Crippen molar-refractivity contribution in [3.63, 3.8) is 0 Å². The molecule has 2 aromatic carbocycles. The van der Waals surface area contributed by atoms with E-state index in [9.17, 15) is 4.79 Å². The van der Waals surface area contributed by atoms with E-state index in [-0.39, 0.29) is 18.6 Å². The Hall–Kier alpha value is -3.35. The third-order valence-corrected chi connectivity index (χ3v) is 4.94. The van der Waals surface area contributed by atoms with Crippen LogP contribution < -0.4 is 9.47 Å². The summed E-state index contributed by atoms with van der Waals surface area (Å²) < 4.78 is 15.7. The number of aryl methyl sites for hydroxylation is 1. The molecule has 0 radical (unpaired) electrons. The molecule has 7 nitrogen and oxygen atoms in total. The summed E-state index contributed by atoms with van der Waals surface area (Å²) in [5, 5.41) is 7.63. The van der Waals surface area contributed by atoms with Gasteiger partial charge in [-0.25, -0.2) is 4.63 Å². The Bertz CT molecular complexity index is 971. The lowest BCUT2D eigenvalue weighted by Gasteiger charge is -2.22. The van der Waals surface area contributed by atoms with Crippen LogP contribution in [0.1, 0.15) is 34.9 Å². The first-order valence-electron chi connectivity index (χ1n) is 9.08. The topological polar surface area (TPSA) is 77.7 Å². The molecular weight excluding hydrogens is 358 g/mol. The Kier molecular flexibility index (Phi) is 4.97. The zero-order chi connectivity index (χ0) is 19.5. The maximum absolute atomic E-state index is 13.0. The van der Waals surface area contributed by atoms with Gasteiger partial charge < -0.3 is 14.4 Å². The molecule has 2 heterocycles. The molecule has 7 heteroatoms. The summed E-state index contributed by atoms with van der Waals surface area (Å²) in [5.41, 5.74) is 3.43. The minimum atomic E-state index is -0.0952. The van der Waals surface area contributed by atoms with Crippen LogP contribution in [0.15, 0.2) is 53.2 Å². The van der Waals surface area contributed by atoms with Crippen LogP contribution in [0, 0.1) is 6.92 Å². The van der Waals surface area contributed by atoms with E-state index in [4.69, 9.17) is 14.1 Å². The number of rotatable bonds is 6. The summed E-state index contributed by atoms with van der Waals surface area (Å²) >= 11 is 0. The van der Waals surface area contributed by atoms with Crippen LogP contribution in [0.4, 0.5) is 0 Å². The molecule has 0 bridgehead atoms. The zero-order valence-corrected chi connectivity index (χ0v) is 15.8. The number of carbonyl (C=O) groups excluding carboxylic acids is 1. The second-order valence-corrected chi connectivity index (χ2v) is 6.83. The number of aromatic nitrogens is 2. The van der Waals surface area contributed by atoms with Gasteiger partial charge in [-0.15, -0.1) is 0 Å². The van der Waals surface area contributed by atoms with E-state index in [1.165, 1.54) is 0 Å². The summed E-state index contributed by atoms with van der Waals surface area (Å²) in [6.07, 6.45) is 0.324. The van der Waals surface area contributed by atoms with Crippen molar-refractivity contribution >= 4 is 5.91 Å². The maximum Gasteiger partial charge on any atom is 0.231 e. The van der Waals surface area contributed by atoms with Crippen LogP contribution in [-0.4, -0.2) is 35.0 Å². The fourth-order valence-corrected chi connectivity index (χ4v) is 3.28. The van der Waals surface area contributed by atoms with Crippen molar-refractivity contribution in [3.8, 4) is 11.5 Å². The predicted octanol–water partition coefficient (Wildman–Crippen LogP) is 3.29. The van der Waals surface area contributed by atoms with Gasteiger partial charge in [0.1, 0.15) is 11.4 Å². The Balaban J connectivity index is 1.57. The molecule has 144 valence electrons. The van der Waals surface area contributed by atoms with Crippen LogP contribution in [0.3, 0.4) is 0 Å². The van der Waals surface area contributed by atoms with E-state index in [2.05, 4.69) is 10.3 Å². The average molecular weight is 379 g/mol. The molecule has 1 aliphatic heterocycles. The SMILES string of the molecule is Cc1nonc1CN(C)C(=O)C[C@@H](c1ccccc1)c1ccc2c(c1)OCO2. The first kappa shape index (κ1) is 18.0. The quantitative estimate of drug-likeness (QED) is 0.654. The molecule has 0 spiro atoms. The van der Waals surface area contributed by atoms with Gasteiger partial charge in [0.2, 0.25) is 12.7 Å². The number of benzene rings is 2. The van der Waals surface area contributed by atoms with Gasteiger partial charge in [-0.2, -0.15) is 0 Å². The summed E-state index contributed by atoms with van der Waals surface area (Å²) in [6.45, 7) is 2.39. The fourth-order valence-electron chi connectivity index (χ4n) is 3.28. The van der Waals surface area contributed by atoms with E-state index >= 15 is 0 Å². The van der Waals surface area contributed by atoms with Crippen LogP contribution >= 0.6 is 0 Å². The van der Waals surface area contributed by atoms with E-state index in [1.54, 1.807) is 11.9 Å². The standard InChI is InChI=1S/C21H21N3O4/c1-14-18(23-28-22-14)12-24(2)21(25)11-17(15-6-4-3-5-7-15)16-8-9-19-20(10-16)27-13-26-19/h3-10,17H,11-13H2,1-2H3/t17-/m0/s1. The molecule has 28 heavy (non-hydrogen) atoms. The highest BCUT2D eigenvalue weighted by atomic mass is 16.7. The highest BCUT2D eigenvalue weighted by molar-refractivity contribution is 5.77. The molecule has 1 aliphatic rings. The van der Waals surface area contributed by atoms with Gasteiger partial charge in [0.15, 0.2) is 11.5 Å².